The number of nitrogens with zero attached hydrogens (tertiary/aromatic N) is 1. The highest BCUT2D eigenvalue weighted by atomic mass is 19.1. The topological polar surface area (TPSA) is 57.8 Å². The smallest absolute Gasteiger partial charge is 0.162 e. The summed E-state index contributed by atoms with van der Waals surface area (Å²) in [5.41, 5.74) is 2.87. The molecule has 1 unspecified atom stereocenters. The highest BCUT2D eigenvalue weighted by molar-refractivity contribution is 5.96. The second-order valence-corrected chi connectivity index (χ2v) is 5.88. The van der Waals surface area contributed by atoms with Gasteiger partial charge in [0.2, 0.25) is 0 Å². The fourth-order valence-corrected chi connectivity index (χ4v) is 2.76. The van der Waals surface area contributed by atoms with Crippen LogP contribution in [0.15, 0.2) is 60.9 Å². The van der Waals surface area contributed by atoms with Gasteiger partial charge in [-0.05, 0) is 36.8 Å². The number of anilines is 1. The molecule has 0 aliphatic carbocycles. The maximum absolute atomic E-state index is 14.3. The molecule has 0 saturated carbocycles. The molecule has 0 amide bonds. The van der Waals surface area contributed by atoms with Gasteiger partial charge >= 0.3 is 0 Å². The third-order valence-electron chi connectivity index (χ3n) is 4.06. The number of halogens is 1. The minimum Gasteiger partial charge on any atom is -0.374 e. The molecule has 5 heteroatoms. The molecule has 0 aliphatic heterocycles. The quantitative estimate of drug-likeness (QED) is 0.613. The van der Waals surface area contributed by atoms with E-state index in [0.29, 0.717) is 17.5 Å². The average molecular weight is 337 g/mol. The lowest BCUT2D eigenvalue weighted by Gasteiger charge is -2.20. The second kappa shape index (κ2) is 7.75. The predicted octanol–water partition coefficient (Wildman–Crippen LogP) is 4.73. The SMILES string of the molecule is CCCC(=O)c1ccc(NC(c2cn[nH]c2)c2ccccc2F)cc1. The molecule has 0 fully saturated rings. The Bertz CT molecular complexity index is 828. The van der Waals surface area contributed by atoms with Crippen LogP contribution in [0.3, 0.4) is 0 Å². The molecule has 3 rings (SSSR count). The predicted molar refractivity (Wildman–Crippen MR) is 96.1 cm³/mol. The Labute approximate surface area is 146 Å². The molecule has 0 spiro atoms. The maximum Gasteiger partial charge on any atom is 0.162 e. The van der Waals surface area contributed by atoms with Crippen LogP contribution in [0.4, 0.5) is 10.1 Å². The van der Waals surface area contributed by atoms with E-state index in [0.717, 1.165) is 17.7 Å². The molecule has 128 valence electrons. The van der Waals surface area contributed by atoms with Gasteiger partial charge in [-0.1, -0.05) is 25.1 Å². The number of nitrogens with one attached hydrogen (secondary N) is 2. The Morgan fingerprint density at radius 2 is 1.96 bits per heavy atom. The van der Waals surface area contributed by atoms with Crippen LogP contribution in [-0.4, -0.2) is 16.0 Å². The van der Waals surface area contributed by atoms with E-state index in [1.54, 1.807) is 42.7 Å². The van der Waals surface area contributed by atoms with Crippen LogP contribution in [0.1, 0.15) is 47.3 Å². The van der Waals surface area contributed by atoms with Gasteiger partial charge in [0.05, 0.1) is 12.2 Å². The molecule has 3 aromatic rings. The van der Waals surface area contributed by atoms with E-state index in [4.69, 9.17) is 0 Å². The summed E-state index contributed by atoms with van der Waals surface area (Å²) >= 11 is 0. The number of aromatic nitrogens is 2. The third-order valence-corrected chi connectivity index (χ3v) is 4.06. The standard InChI is InChI=1S/C20H20FN3O/c1-2-5-19(25)14-8-10-16(11-9-14)24-20(15-12-22-23-13-15)17-6-3-4-7-18(17)21/h3-4,6-13,20,24H,2,5H2,1H3,(H,22,23). The first kappa shape index (κ1) is 16.9. The Morgan fingerprint density at radius 1 is 1.20 bits per heavy atom. The zero-order chi connectivity index (χ0) is 17.6. The van der Waals surface area contributed by atoms with Crippen molar-refractivity contribution in [3.8, 4) is 0 Å². The van der Waals surface area contributed by atoms with E-state index in [9.17, 15) is 9.18 Å². The zero-order valence-electron chi connectivity index (χ0n) is 14.0. The first-order chi connectivity index (χ1) is 12.2. The number of aromatic amines is 1. The molecule has 25 heavy (non-hydrogen) atoms. The van der Waals surface area contributed by atoms with Crippen LogP contribution in [0.2, 0.25) is 0 Å². The van der Waals surface area contributed by atoms with Gasteiger partial charge in [0.15, 0.2) is 5.78 Å². The third kappa shape index (κ3) is 3.94. The van der Waals surface area contributed by atoms with E-state index < -0.39 is 0 Å². The molecule has 0 aliphatic rings. The van der Waals surface area contributed by atoms with Gasteiger partial charge in [0.1, 0.15) is 5.82 Å². The van der Waals surface area contributed by atoms with Crippen LogP contribution in [-0.2, 0) is 0 Å². The lowest BCUT2D eigenvalue weighted by molar-refractivity contribution is 0.0982. The molecule has 1 aromatic heterocycles. The maximum atomic E-state index is 14.3. The summed E-state index contributed by atoms with van der Waals surface area (Å²) in [5.74, 6) is -0.148. The Morgan fingerprint density at radius 3 is 2.60 bits per heavy atom. The fourth-order valence-electron chi connectivity index (χ4n) is 2.76. The lowest BCUT2D eigenvalue weighted by atomic mass is 10.00. The molecule has 4 nitrogen and oxygen atoms in total. The number of Topliss-reactive ketones (excluding diaryl/α,β-unsaturated/α-hetero) is 1. The van der Waals surface area contributed by atoms with Crippen molar-refractivity contribution in [1.82, 2.24) is 10.2 Å². The molecule has 2 aromatic carbocycles. The molecule has 1 atom stereocenters. The van der Waals surface area contributed by atoms with Crippen molar-refractivity contribution in [3.63, 3.8) is 0 Å². The van der Waals surface area contributed by atoms with Gasteiger partial charge in [-0.3, -0.25) is 9.89 Å². The summed E-state index contributed by atoms with van der Waals surface area (Å²) in [7, 11) is 0. The van der Waals surface area contributed by atoms with Gasteiger partial charge in [0.25, 0.3) is 0 Å². The number of benzene rings is 2. The summed E-state index contributed by atoms with van der Waals surface area (Å²) in [6.45, 7) is 1.98. The summed E-state index contributed by atoms with van der Waals surface area (Å²) in [6.07, 6.45) is 4.78. The number of H-pyrrole nitrogens is 1. The first-order valence-electron chi connectivity index (χ1n) is 8.32. The number of ketones is 1. The first-order valence-corrected chi connectivity index (χ1v) is 8.32. The van der Waals surface area contributed by atoms with Crippen LogP contribution >= 0.6 is 0 Å². The highest BCUT2D eigenvalue weighted by Crippen LogP contribution is 2.28. The number of carbonyl (C=O) groups excluding carboxylic acids is 1. The fraction of sp³-hybridized carbons (Fsp3) is 0.200. The van der Waals surface area contributed by atoms with Crippen molar-refractivity contribution < 1.29 is 9.18 Å². The molecule has 2 N–H and O–H groups in total. The van der Waals surface area contributed by atoms with Crippen molar-refractivity contribution in [2.45, 2.75) is 25.8 Å². The molecular formula is C20H20FN3O. The summed E-state index contributed by atoms with van der Waals surface area (Å²) in [6, 6.07) is 13.6. The lowest BCUT2D eigenvalue weighted by Crippen LogP contribution is -2.13. The van der Waals surface area contributed by atoms with E-state index in [1.807, 2.05) is 19.1 Å². The van der Waals surface area contributed by atoms with Crippen LogP contribution in [0.5, 0.6) is 0 Å². The monoisotopic (exact) mass is 337 g/mol. The van der Waals surface area contributed by atoms with Gasteiger partial charge < -0.3 is 5.32 Å². The van der Waals surface area contributed by atoms with E-state index >= 15 is 0 Å². The van der Waals surface area contributed by atoms with Gasteiger partial charge in [-0.2, -0.15) is 5.10 Å². The van der Waals surface area contributed by atoms with Gasteiger partial charge in [-0.25, -0.2) is 4.39 Å². The van der Waals surface area contributed by atoms with Crippen LogP contribution in [0.25, 0.3) is 0 Å². The highest BCUT2D eigenvalue weighted by Gasteiger charge is 2.18. The van der Waals surface area contributed by atoms with Crippen LogP contribution < -0.4 is 5.32 Å². The van der Waals surface area contributed by atoms with Gasteiger partial charge in [-0.15, -0.1) is 0 Å². The summed E-state index contributed by atoms with van der Waals surface area (Å²) < 4.78 is 14.3. The van der Waals surface area contributed by atoms with Crippen molar-refractivity contribution >= 4 is 11.5 Å². The van der Waals surface area contributed by atoms with Crippen molar-refractivity contribution in [1.29, 1.82) is 0 Å². The molecule has 1 heterocycles. The summed E-state index contributed by atoms with van der Waals surface area (Å²) in [5, 5.41) is 10.1. The Balaban J connectivity index is 1.86. The number of hydrogen-bond acceptors (Lipinski definition) is 3. The van der Waals surface area contributed by atoms with Crippen molar-refractivity contribution in [2.24, 2.45) is 0 Å². The number of carbonyl (C=O) groups is 1. The normalized spacial score (nSPS) is 11.9. The zero-order valence-corrected chi connectivity index (χ0v) is 14.0. The number of hydrogen-bond donors (Lipinski definition) is 2. The van der Waals surface area contributed by atoms with E-state index in [-0.39, 0.29) is 17.6 Å². The molecule has 0 saturated heterocycles. The van der Waals surface area contributed by atoms with E-state index in [1.165, 1.54) is 6.07 Å². The van der Waals surface area contributed by atoms with Gasteiger partial charge in [0, 0.05) is 35.0 Å². The minimum absolute atomic E-state index is 0.134. The molecule has 0 bridgehead atoms. The van der Waals surface area contributed by atoms with Crippen molar-refractivity contribution in [3.05, 3.63) is 83.4 Å². The van der Waals surface area contributed by atoms with Crippen molar-refractivity contribution in [2.75, 3.05) is 5.32 Å². The number of rotatable bonds is 7. The Hall–Kier alpha value is -2.95. The second-order valence-electron chi connectivity index (χ2n) is 5.88. The van der Waals surface area contributed by atoms with E-state index in [2.05, 4.69) is 15.5 Å². The minimum atomic E-state index is -0.378. The molecular weight excluding hydrogens is 317 g/mol. The van der Waals surface area contributed by atoms with Crippen LogP contribution in [0, 0.1) is 5.82 Å². The largest absolute Gasteiger partial charge is 0.374 e. The molecule has 0 radical (unpaired) electrons. The Kier molecular flexibility index (Phi) is 5.23. The average Bonchev–Trinajstić information content (AvgIpc) is 3.15. The summed E-state index contributed by atoms with van der Waals surface area (Å²) in [4.78, 5) is 11.9.